The van der Waals surface area contributed by atoms with E-state index < -0.39 is 0 Å². The molecule has 0 bridgehead atoms. The largest absolute Gasteiger partial charge is 0.486 e. The number of ether oxygens (including phenoxy) is 2. The van der Waals surface area contributed by atoms with Crippen LogP contribution in [0.1, 0.15) is 27.7 Å². The molecule has 0 amide bonds. The van der Waals surface area contributed by atoms with Crippen molar-refractivity contribution < 1.29 is 14.3 Å². The molecule has 0 unspecified atom stereocenters. The Bertz CT molecular complexity index is 183. The van der Waals surface area contributed by atoms with Crippen LogP contribution in [0.5, 0.6) is 0 Å². The van der Waals surface area contributed by atoms with Gasteiger partial charge in [0.2, 0.25) is 0 Å². The number of esters is 1. The lowest BCUT2D eigenvalue weighted by molar-refractivity contribution is -0.147. The first-order chi connectivity index (χ1) is 6.11. The van der Waals surface area contributed by atoms with E-state index in [1.807, 2.05) is 26.8 Å². The number of allylic oxidation sites excluding steroid dienone is 2. The topological polar surface area (TPSA) is 35.5 Å². The zero-order valence-corrected chi connectivity index (χ0v) is 8.79. The summed E-state index contributed by atoms with van der Waals surface area (Å²) in [5.41, 5.74) is 0. The average molecular weight is 186 g/mol. The Morgan fingerprint density at radius 3 is 2.38 bits per heavy atom. The molecular formula is C10H18O3. The maximum atomic E-state index is 10.9. The van der Waals surface area contributed by atoms with Crippen LogP contribution in [0.3, 0.4) is 0 Å². The monoisotopic (exact) mass is 186 g/mol. The van der Waals surface area contributed by atoms with Gasteiger partial charge in [-0.3, -0.25) is 0 Å². The zero-order chi connectivity index (χ0) is 10.3. The third-order valence-electron chi connectivity index (χ3n) is 1.52. The summed E-state index contributed by atoms with van der Waals surface area (Å²) in [6.45, 7) is 8.10. The van der Waals surface area contributed by atoms with Crippen LogP contribution in [0.4, 0.5) is 0 Å². The fourth-order valence-corrected chi connectivity index (χ4v) is 0.928. The summed E-state index contributed by atoms with van der Waals surface area (Å²) in [6, 6.07) is 0. The fraction of sp³-hybridized carbons (Fsp3) is 0.700. The highest BCUT2D eigenvalue weighted by Gasteiger charge is 2.07. The molecule has 0 saturated heterocycles. The van der Waals surface area contributed by atoms with E-state index >= 15 is 0 Å². The van der Waals surface area contributed by atoms with Crippen LogP contribution in [-0.4, -0.2) is 19.2 Å². The molecule has 0 fully saturated rings. The lowest BCUT2D eigenvalue weighted by atomic mass is 10.2. The molecule has 0 aliphatic heterocycles. The SMILES string of the molecule is C/C=C(/OCC(=O)OCC)C(C)C. The lowest BCUT2D eigenvalue weighted by Crippen LogP contribution is -2.13. The van der Waals surface area contributed by atoms with E-state index in [1.165, 1.54) is 0 Å². The van der Waals surface area contributed by atoms with Crippen LogP contribution in [0.25, 0.3) is 0 Å². The molecule has 0 aliphatic rings. The molecule has 0 heterocycles. The first-order valence-corrected chi connectivity index (χ1v) is 4.56. The Morgan fingerprint density at radius 1 is 1.38 bits per heavy atom. The molecule has 0 aromatic heterocycles. The molecule has 0 atom stereocenters. The molecule has 0 aliphatic carbocycles. The minimum atomic E-state index is -0.317. The molecule has 3 heteroatoms. The number of carbonyl (C=O) groups excluding carboxylic acids is 1. The summed E-state index contributed by atoms with van der Waals surface area (Å²) in [4.78, 5) is 10.9. The van der Waals surface area contributed by atoms with Gasteiger partial charge in [0, 0.05) is 5.92 Å². The molecule has 0 N–H and O–H groups in total. The van der Waals surface area contributed by atoms with Gasteiger partial charge in [0.05, 0.1) is 12.4 Å². The van der Waals surface area contributed by atoms with Crippen molar-refractivity contribution in [3.05, 3.63) is 11.8 Å². The quantitative estimate of drug-likeness (QED) is 0.487. The van der Waals surface area contributed by atoms with Crippen LogP contribution in [0, 0.1) is 5.92 Å². The molecule has 76 valence electrons. The van der Waals surface area contributed by atoms with Gasteiger partial charge in [0.15, 0.2) is 6.61 Å². The summed E-state index contributed by atoms with van der Waals surface area (Å²) in [6.07, 6.45) is 1.86. The highest BCUT2D eigenvalue weighted by Crippen LogP contribution is 2.10. The Hall–Kier alpha value is -0.990. The smallest absolute Gasteiger partial charge is 0.344 e. The van der Waals surface area contributed by atoms with Crippen molar-refractivity contribution in [3.63, 3.8) is 0 Å². The predicted octanol–water partition coefficient (Wildman–Crippen LogP) is 2.13. The highest BCUT2D eigenvalue weighted by molar-refractivity contribution is 5.70. The fourth-order valence-electron chi connectivity index (χ4n) is 0.928. The molecule has 0 saturated carbocycles. The molecule has 0 radical (unpaired) electrons. The van der Waals surface area contributed by atoms with Crippen molar-refractivity contribution >= 4 is 5.97 Å². The molecule has 13 heavy (non-hydrogen) atoms. The van der Waals surface area contributed by atoms with E-state index in [0.717, 1.165) is 5.76 Å². The van der Waals surface area contributed by atoms with Gasteiger partial charge in [-0.1, -0.05) is 13.8 Å². The lowest BCUT2D eigenvalue weighted by Gasteiger charge is -2.12. The Labute approximate surface area is 79.7 Å². The Morgan fingerprint density at radius 2 is 2.00 bits per heavy atom. The van der Waals surface area contributed by atoms with E-state index in [4.69, 9.17) is 9.47 Å². The van der Waals surface area contributed by atoms with Gasteiger partial charge in [-0.2, -0.15) is 0 Å². The van der Waals surface area contributed by atoms with E-state index in [1.54, 1.807) is 6.92 Å². The third-order valence-corrected chi connectivity index (χ3v) is 1.52. The second kappa shape index (κ2) is 6.52. The summed E-state index contributed by atoms with van der Waals surface area (Å²) in [5, 5.41) is 0. The average Bonchev–Trinajstić information content (AvgIpc) is 2.05. The Kier molecular flexibility index (Phi) is 6.02. The van der Waals surface area contributed by atoms with E-state index in [-0.39, 0.29) is 12.6 Å². The minimum Gasteiger partial charge on any atom is -0.486 e. The predicted molar refractivity (Wildman–Crippen MR) is 51.2 cm³/mol. The van der Waals surface area contributed by atoms with Crippen molar-refractivity contribution in [1.82, 2.24) is 0 Å². The van der Waals surface area contributed by atoms with Gasteiger partial charge in [0.1, 0.15) is 0 Å². The van der Waals surface area contributed by atoms with Gasteiger partial charge in [-0.15, -0.1) is 0 Å². The summed E-state index contributed by atoms with van der Waals surface area (Å²) in [7, 11) is 0. The first-order valence-electron chi connectivity index (χ1n) is 4.56. The van der Waals surface area contributed by atoms with Crippen molar-refractivity contribution in [2.45, 2.75) is 27.7 Å². The van der Waals surface area contributed by atoms with Crippen molar-refractivity contribution in [2.24, 2.45) is 5.92 Å². The number of hydrogen-bond donors (Lipinski definition) is 0. The van der Waals surface area contributed by atoms with Gasteiger partial charge < -0.3 is 9.47 Å². The number of rotatable bonds is 5. The van der Waals surface area contributed by atoms with Gasteiger partial charge in [-0.05, 0) is 19.9 Å². The molecule has 0 aromatic carbocycles. The maximum absolute atomic E-state index is 10.9. The summed E-state index contributed by atoms with van der Waals surface area (Å²) in [5.74, 6) is 0.815. The maximum Gasteiger partial charge on any atom is 0.344 e. The second-order valence-electron chi connectivity index (χ2n) is 2.94. The highest BCUT2D eigenvalue weighted by atomic mass is 16.6. The first kappa shape index (κ1) is 12.0. The van der Waals surface area contributed by atoms with Crippen LogP contribution in [-0.2, 0) is 14.3 Å². The third kappa shape index (κ3) is 5.28. The van der Waals surface area contributed by atoms with Crippen molar-refractivity contribution in [3.8, 4) is 0 Å². The van der Waals surface area contributed by atoms with Gasteiger partial charge >= 0.3 is 5.97 Å². The van der Waals surface area contributed by atoms with Gasteiger partial charge in [0.25, 0.3) is 0 Å². The minimum absolute atomic E-state index is 0.00565. The van der Waals surface area contributed by atoms with Crippen LogP contribution in [0.15, 0.2) is 11.8 Å². The molecule has 0 rings (SSSR count). The van der Waals surface area contributed by atoms with Crippen LogP contribution in [0.2, 0.25) is 0 Å². The molecule has 0 aromatic rings. The standard InChI is InChI=1S/C10H18O3/c1-5-9(8(3)4)13-7-10(11)12-6-2/h5,8H,6-7H2,1-4H3/b9-5+. The summed E-state index contributed by atoms with van der Waals surface area (Å²) < 4.78 is 9.98. The molecular weight excluding hydrogens is 168 g/mol. The van der Waals surface area contributed by atoms with Gasteiger partial charge in [-0.25, -0.2) is 4.79 Å². The second-order valence-corrected chi connectivity index (χ2v) is 2.94. The normalized spacial score (nSPS) is 11.6. The molecule has 0 spiro atoms. The van der Waals surface area contributed by atoms with E-state index in [0.29, 0.717) is 12.5 Å². The van der Waals surface area contributed by atoms with Crippen LogP contribution >= 0.6 is 0 Å². The summed E-state index contributed by atoms with van der Waals surface area (Å²) >= 11 is 0. The zero-order valence-electron chi connectivity index (χ0n) is 8.79. The van der Waals surface area contributed by atoms with E-state index in [2.05, 4.69) is 0 Å². The number of hydrogen-bond acceptors (Lipinski definition) is 3. The number of carbonyl (C=O) groups is 1. The molecule has 3 nitrogen and oxygen atoms in total. The van der Waals surface area contributed by atoms with Crippen LogP contribution < -0.4 is 0 Å². The van der Waals surface area contributed by atoms with Crippen molar-refractivity contribution in [2.75, 3.05) is 13.2 Å². The van der Waals surface area contributed by atoms with Crippen molar-refractivity contribution in [1.29, 1.82) is 0 Å². The van der Waals surface area contributed by atoms with E-state index in [9.17, 15) is 4.79 Å². The Balaban J connectivity index is 3.80.